The molecule has 2 aliphatic heterocycles. The summed E-state index contributed by atoms with van der Waals surface area (Å²) in [7, 11) is 1.82. The van der Waals surface area contributed by atoms with Crippen LogP contribution < -0.4 is 5.32 Å². The summed E-state index contributed by atoms with van der Waals surface area (Å²) in [4.78, 5) is 24.9. The van der Waals surface area contributed by atoms with Crippen LogP contribution in [0.4, 0.5) is 5.82 Å². The fourth-order valence-corrected chi connectivity index (χ4v) is 4.50. The minimum atomic E-state index is -0.570. The summed E-state index contributed by atoms with van der Waals surface area (Å²) >= 11 is 6.09. The van der Waals surface area contributed by atoms with E-state index < -0.39 is 5.41 Å². The van der Waals surface area contributed by atoms with Gasteiger partial charge in [0.2, 0.25) is 5.91 Å². The maximum atomic E-state index is 13.9. The molecule has 0 bridgehead atoms. The number of likely N-dealkylation sites (tertiary alicyclic amines) is 1. The van der Waals surface area contributed by atoms with Crippen LogP contribution in [0.5, 0.6) is 0 Å². The molecule has 1 aromatic carbocycles. The van der Waals surface area contributed by atoms with Gasteiger partial charge in [-0.3, -0.25) is 9.78 Å². The van der Waals surface area contributed by atoms with E-state index in [0.29, 0.717) is 31.1 Å². The molecule has 1 N–H and O–H groups in total. The first-order valence-corrected chi connectivity index (χ1v) is 10.2. The van der Waals surface area contributed by atoms with E-state index in [1.165, 1.54) is 0 Å². The van der Waals surface area contributed by atoms with Crippen molar-refractivity contribution in [3.05, 3.63) is 52.9 Å². The molecule has 148 valence electrons. The molecule has 0 radical (unpaired) electrons. The Labute approximate surface area is 170 Å². The topological polar surface area (TPSA) is 67.4 Å². The van der Waals surface area contributed by atoms with Crippen LogP contribution in [0.2, 0.25) is 5.02 Å². The van der Waals surface area contributed by atoms with Gasteiger partial charge in [-0.1, -0.05) is 23.7 Å². The number of rotatable bonds is 4. The molecule has 2 saturated heterocycles. The molecule has 6 nitrogen and oxygen atoms in total. The third kappa shape index (κ3) is 3.47. The van der Waals surface area contributed by atoms with Crippen molar-refractivity contribution in [2.45, 2.75) is 37.1 Å². The Morgan fingerprint density at radius 2 is 2.00 bits per heavy atom. The first-order chi connectivity index (χ1) is 13.6. The summed E-state index contributed by atoms with van der Waals surface area (Å²) < 4.78 is 5.60. The third-order valence-electron chi connectivity index (χ3n) is 5.92. The molecule has 1 aromatic heterocycles. The van der Waals surface area contributed by atoms with Gasteiger partial charge in [-0.25, -0.2) is 4.98 Å². The molecule has 4 rings (SSSR count). The molecule has 2 aliphatic rings. The number of aromatic nitrogens is 2. The first-order valence-electron chi connectivity index (χ1n) is 9.78. The lowest BCUT2D eigenvalue weighted by Crippen LogP contribution is -2.49. The van der Waals surface area contributed by atoms with Crippen molar-refractivity contribution in [1.82, 2.24) is 14.9 Å². The van der Waals surface area contributed by atoms with E-state index in [9.17, 15) is 4.79 Å². The third-order valence-corrected chi connectivity index (χ3v) is 6.17. The molecular weight excluding hydrogens is 376 g/mol. The van der Waals surface area contributed by atoms with Crippen LogP contribution in [0, 0.1) is 0 Å². The molecule has 1 unspecified atom stereocenters. The number of anilines is 1. The second-order valence-electron chi connectivity index (χ2n) is 7.44. The fraction of sp³-hybridized carbons (Fsp3) is 0.476. The quantitative estimate of drug-likeness (QED) is 0.849. The van der Waals surface area contributed by atoms with Gasteiger partial charge in [0, 0.05) is 31.8 Å². The van der Waals surface area contributed by atoms with E-state index in [4.69, 9.17) is 16.3 Å². The highest BCUT2D eigenvalue weighted by atomic mass is 35.5. The van der Waals surface area contributed by atoms with Crippen LogP contribution in [-0.2, 0) is 14.9 Å². The number of carbonyl (C=O) groups is 1. The van der Waals surface area contributed by atoms with E-state index >= 15 is 0 Å². The zero-order valence-electron chi connectivity index (χ0n) is 16.0. The number of benzene rings is 1. The molecule has 7 heteroatoms. The Morgan fingerprint density at radius 1 is 1.25 bits per heavy atom. The summed E-state index contributed by atoms with van der Waals surface area (Å²) in [5.74, 6) is 0.882. The molecule has 2 aromatic rings. The lowest BCUT2D eigenvalue weighted by Gasteiger charge is -2.40. The number of nitrogens with one attached hydrogen (secondary N) is 1. The normalized spacial score (nSPS) is 21.5. The summed E-state index contributed by atoms with van der Waals surface area (Å²) in [6.45, 7) is 1.91. The first kappa shape index (κ1) is 19.2. The number of nitrogens with zero attached hydrogens (tertiary/aromatic N) is 3. The van der Waals surface area contributed by atoms with Crippen molar-refractivity contribution >= 4 is 23.3 Å². The van der Waals surface area contributed by atoms with Crippen molar-refractivity contribution < 1.29 is 9.53 Å². The van der Waals surface area contributed by atoms with Gasteiger partial charge in [-0.15, -0.1) is 0 Å². The van der Waals surface area contributed by atoms with Gasteiger partial charge in [0.25, 0.3) is 0 Å². The van der Waals surface area contributed by atoms with E-state index in [-0.39, 0.29) is 11.9 Å². The van der Waals surface area contributed by atoms with Crippen LogP contribution in [0.3, 0.4) is 0 Å². The zero-order chi connectivity index (χ0) is 19.6. The average Bonchev–Trinajstić information content (AvgIpc) is 3.24. The Balaban J connectivity index is 1.68. The maximum Gasteiger partial charge on any atom is 0.233 e. The molecule has 3 heterocycles. The van der Waals surface area contributed by atoms with Crippen LogP contribution in [-0.4, -0.2) is 47.6 Å². The highest BCUT2D eigenvalue weighted by Crippen LogP contribution is 2.41. The van der Waals surface area contributed by atoms with Crippen molar-refractivity contribution in [1.29, 1.82) is 0 Å². The summed E-state index contributed by atoms with van der Waals surface area (Å²) in [6, 6.07) is 7.66. The molecule has 0 saturated carbocycles. The molecule has 0 spiro atoms. The predicted molar refractivity (Wildman–Crippen MR) is 108 cm³/mol. The van der Waals surface area contributed by atoms with Gasteiger partial charge in [0.05, 0.1) is 29.5 Å². The van der Waals surface area contributed by atoms with E-state index in [1.54, 1.807) is 12.4 Å². The largest absolute Gasteiger partial charge is 0.381 e. The van der Waals surface area contributed by atoms with E-state index in [2.05, 4.69) is 15.3 Å². The Hall–Kier alpha value is -2.18. The summed E-state index contributed by atoms with van der Waals surface area (Å²) in [5, 5.41) is 3.71. The van der Waals surface area contributed by atoms with Crippen LogP contribution in [0.15, 0.2) is 36.7 Å². The predicted octanol–water partition coefficient (Wildman–Crippen LogP) is 3.58. The van der Waals surface area contributed by atoms with Crippen molar-refractivity contribution in [3.63, 3.8) is 0 Å². The van der Waals surface area contributed by atoms with Crippen LogP contribution in [0.25, 0.3) is 0 Å². The van der Waals surface area contributed by atoms with Crippen molar-refractivity contribution in [2.24, 2.45) is 0 Å². The smallest absolute Gasteiger partial charge is 0.233 e. The minimum absolute atomic E-state index is 0.0414. The van der Waals surface area contributed by atoms with Crippen LogP contribution >= 0.6 is 11.6 Å². The molecule has 1 atom stereocenters. The number of hydrogen-bond donors (Lipinski definition) is 1. The van der Waals surface area contributed by atoms with Gasteiger partial charge >= 0.3 is 0 Å². The fourth-order valence-electron chi connectivity index (χ4n) is 4.37. The van der Waals surface area contributed by atoms with E-state index in [1.807, 2.05) is 36.2 Å². The monoisotopic (exact) mass is 400 g/mol. The Morgan fingerprint density at radius 3 is 2.71 bits per heavy atom. The molecule has 0 aliphatic carbocycles. The van der Waals surface area contributed by atoms with Gasteiger partial charge in [-0.05, 0) is 43.4 Å². The molecular formula is C21H25ClN4O2. The number of carbonyl (C=O) groups excluding carboxylic acids is 1. The second-order valence-corrected chi connectivity index (χ2v) is 7.87. The Bertz CT molecular complexity index is 837. The number of hydrogen-bond acceptors (Lipinski definition) is 5. The summed E-state index contributed by atoms with van der Waals surface area (Å²) in [6.07, 6.45) is 6.70. The SMILES string of the molecule is CNc1cncc(C2CCCN2C(=O)C2(c3ccc(Cl)cc3)CCOCC2)n1. The maximum absolute atomic E-state index is 13.9. The number of amides is 1. The van der Waals surface area contributed by atoms with Crippen molar-refractivity contribution in [2.75, 3.05) is 32.1 Å². The second kappa shape index (κ2) is 8.05. The average molecular weight is 401 g/mol. The van der Waals surface area contributed by atoms with E-state index in [0.717, 1.165) is 36.5 Å². The lowest BCUT2D eigenvalue weighted by molar-refractivity contribution is -0.142. The highest BCUT2D eigenvalue weighted by Gasteiger charge is 2.47. The lowest BCUT2D eigenvalue weighted by atomic mass is 9.73. The minimum Gasteiger partial charge on any atom is -0.381 e. The van der Waals surface area contributed by atoms with Gasteiger partial charge in [0.1, 0.15) is 5.82 Å². The zero-order valence-corrected chi connectivity index (χ0v) is 16.8. The summed E-state index contributed by atoms with van der Waals surface area (Å²) in [5.41, 5.74) is 1.29. The van der Waals surface area contributed by atoms with Gasteiger partial charge in [0.15, 0.2) is 0 Å². The molecule has 2 fully saturated rings. The van der Waals surface area contributed by atoms with Gasteiger partial charge in [-0.2, -0.15) is 0 Å². The number of halogens is 1. The Kier molecular flexibility index (Phi) is 5.51. The molecule has 28 heavy (non-hydrogen) atoms. The van der Waals surface area contributed by atoms with Gasteiger partial charge < -0.3 is 15.0 Å². The highest BCUT2D eigenvalue weighted by molar-refractivity contribution is 6.30. The van der Waals surface area contributed by atoms with Crippen molar-refractivity contribution in [3.8, 4) is 0 Å². The number of ether oxygens (including phenoxy) is 1. The standard InChI is InChI=1S/C21H25ClN4O2/c1-23-19-14-24-13-17(25-19)18-3-2-10-26(18)20(27)21(8-11-28-12-9-21)15-4-6-16(22)7-5-15/h4-7,13-14,18H,2-3,8-12H2,1H3,(H,23,25). The van der Waals surface area contributed by atoms with Crippen LogP contribution in [0.1, 0.15) is 43.0 Å². The molecule has 1 amide bonds.